The zero-order chi connectivity index (χ0) is 23.5. The molecule has 8 heteroatoms. The van der Waals surface area contributed by atoms with Crippen molar-refractivity contribution in [2.45, 2.75) is 52.8 Å². The van der Waals surface area contributed by atoms with Crippen LogP contribution >= 0.6 is 0 Å². The predicted octanol–water partition coefficient (Wildman–Crippen LogP) is 3.23. The molecule has 1 aliphatic heterocycles. The lowest BCUT2D eigenvalue weighted by Crippen LogP contribution is -2.57. The van der Waals surface area contributed by atoms with Crippen LogP contribution in [0, 0.1) is 11.2 Å². The normalized spacial score (nSPS) is 20.5. The maximum Gasteiger partial charge on any atom is 0.167 e. The lowest BCUT2D eigenvalue weighted by molar-refractivity contribution is 0.00548. The molecule has 0 aliphatic carbocycles. The zero-order valence-corrected chi connectivity index (χ0v) is 20.2. The number of ether oxygens (including phenoxy) is 1. The van der Waals surface area contributed by atoms with Crippen LogP contribution in [0.3, 0.4) is 0 Å². The monoisotopic (exact) mass is 434 g/mol. The van der Waals surface area contributed by atoms with Gasteiger partial charge in [-0.2, -0.15) is 0 Å². The average Bonchev–Trinajstić information content (AvgIpc) is 2.68. The fraction of sp³-hybridized carbons (Fsp3) is 0.609. The van der Waals surface area contributed by atoms with Crippen molar-refractivity contribution in [3.05, 3.63) is 35.4 Å². The molecule has 7 nitrogen and oxygen atoms in total. The Morgan fingerprint density at radius 1 is 1.29 bits per heavy atom. The molecular weight excluding hydrogens is 395 g/mol. The van der Waals surface area contributed by atoms with Crippen LogP contribution in [0.15, 0.2) is 24.0 Å². The number of nitrogen functional groups attached to an aromatic ring is 1. The van der Waals surface area contributed by atoms with E-state index in [2.05, 4.69) is 41.8 Å². The van der Waals surface area contributed by atoms with E-state index in [1.54, 1.807) is 0 Å². The minimum absolute atomic E-state index is 0.120. The van der Waals surface area contributed by atoms with Gasteiger partial charge in [-0.1, -0.05) is 0 Å². The third kappa shape index (κ3) is 5.89. The lowest BCUT2D eigenvalue weighted by atomic mass is 10.1. The summed E-state index contributed by atoms with van der Waals surface area (Å²) in [5.41, 5.74) is 7.06. The number of hydrogen-bond donors (Lipinski definition) is 2. The van der Waals surface area contributed by atoms with E-state index >= 15 is 0 Å². The van der Waals surface area contributed by atoms with Crippen LogP contribution in [0.5, 0.6) is 5.75 Å². The number of nitrogens with one attached hydrogen (secondary N) is 1. The smallest absolute Gasteiger partial charge is 0.167 e. The number of allylic oxidation sites excluding steroid dienone is 1. The summed E-state index contributed by atoms with van der Waals surface area (Å²) in [5, 5.41) is 12.6. The van der Waals surface area contributed by atoms with Crippen LogP contribution in [0.2, 0.25) is 0 Å². The van der Waals surface area contributed by atoms with Crippen molar-refractivity contribution in [3.8, 4) is 5.75 Å². The Labute approximate surface area is 186 Å². The molecule has 2 atom stereocenters. The lowest BCUT2D eigenvalue weighted by Gasteiger charge is -2.47. The number of hydrazine groups is 1. The van der Waals surface area contributed by atoms with Crippen molar-refractivity contribution in [3.63, 3.8) is 0 Å². The van der Waals surface area contributed by atoms with Gasteiger partial charge in [0.15, 0.2) is 11.6 Å². The highest BCUT2D eigenvalue weighted by Gasteiger charge is 2.29. The molecule has 0 aromatic heterocycles. The number of rotatable bonds is 8. The predicted molar refractivity (Wildman–Crippen MR) is 126 cm³/mol. The average molecular weight is 435 g/mol. The summed E-state index contributed by atoms with van der Waals surface area (Å²) in [7, 11) is 6.10. The second-order valence-corrected chi connectivity index (χ2v) is 8.77. The standard InChI is InChI=1S/C23H39FN6O/c1-9-23(30-12-16(4)28(7)17(5)13-30)29(8)27(6)14-21(26)18-10-22(31-15(2)3)19(24)11-20(18)25/h9-11,15-17,26H,12-14,25H2,1-8H3/b23-9+,26-21?/t16-,17?/m0/s1. The number of piperazine rings is 1. The van der Waals surface area contributed by atoms with Crippen molar-refractivity contribution in [2.75, 3.05) is 46.5 Å². The second-order valence-electron chi connectivity index (χ2n) is 8.77. The molecule has 1 fully saturated rings. The Balaban J connectivity index is 2.14. The van der Waals surface area contributed by atoms with Gasteiger partial charge in [-0.15, -0.1) is 0 Å². The third-order valence-corrected chi connectivity index (χ3v) is 5.96. The number of nitrogens with zero attached hydrogens (tertiary/aromatic N) is 4. The highest BCUT2D eigenvalue weighted by Crippen LogP contribution is 2.26. The van der Waals surface area contributed by atoms with E-state index in [1.807, 2.05) is 39.9 Å². The molecule has 174 valence electrons. The number of likely N-dealkylation sites (N-methyl/N-ethyl adjacent to an activating group) is 2. The molecular formula is C23H39FN6O. The van der Waals surface area contributed by atoms with E-state index in [9.17, 15) is 4.39 Å². The Bertz CT molecular complexity index is 800. The largest absolute Gasteiger partial charge is 0.488 e. The number of hydrogen-bond acceptors (Lipinski definition) is 7. The summed E-state index contributed by atoms with van der Waals surface area (Å²) >= 11 is 0. The number of anilines is 1. The maximum absolute atomic E-state index is 14.2. The fourth-order valence-electron chi connectivity index (χ4n) is 3.93. The van der Waals surface area contributed by atoms with Gasteiger partial charge in [0.25, 0.3) is 0 Å². The quantitative estimate of drug-likeness (QED) is 0.372. The van der Waals surface area contributed by atoms with Crippen LogP contribution in [-0.4, -0.2) is 84.5 Å². The molecule has 3 N–H and O–H groups in total. The Morgan fingerprint density at radius 3 is 2.39 bits per heavy atom. The first-order chi connectivity index (χ1) is 14.5. The Hall–Kier alpha value is -2.32. The highest BCUT2D eigenvalue weighted by atomic mass is 19.1. The molecule has 31 heavy (non-hydrogen) atoms. The molecule has 0 bridgehead atoms. The van der Waals surface area contributed by atoms with E-state index in [0.717, 1.165) is 18.9 Å². The number of benzene rings is 1. The first-order valence-corrected chi connectivity index (χ1v) is 10.9. The van der Waals surface area contributed by atoms with Crippen molar-refractivity contribution in [1.82, 2.24) is 19.8 Å². The van der Waals surface area contributed by atoms with Gasteiger partial charge in [0.05, 0.1) is 18.4 Å². The Morgan fingerprint density at radius 2 is 1.87 bits per heavy atom. The molecule has 2 rings (SSSR count). The summed E-state index contributed by atoms with van der Waals surface area (Å²) < 4.78 is 19.7. The highest BCUT2D eigenvalue weighted by molar-refractivity contribution is 6.04. The van der Waals surface area contributed by atoms with E-state index < -0.39 is 5.82 Å². The molecule has 1 aromatic rings. The van der Waals surface area contributed by atoms with E-state index in [-0.39, 0.29) is 17.5 Å². The van der Waals surface area contributed by atoms with E-state index in [0.29, 0.717) is 29.9 Å². The van der Waals surface area contributed by atoms with Crippen LogP contribution in [0.25, 0.3) is 0 Å². The fourth-order valence-corrected chi connectivity index (χ4v) is 3.93. The summed E-state index contributed by atoms with van der Waals surface area (Å²) in [4.78, 5) is 4.79. The van der Waals surface area contributed by atoms with Crippen molar-refractivity contribution >= 4 is 11.4 Å². The summed E-state index contributed by atoms with van der Waals surface area (Å²) in [6, 6.07) is 3.67. The number of halogens is 1. The van der Waals surface area contributed by atoms with Crippen LogP contribution < -0.4 is 10.5 Å². The topological polar surface area (TPSA) is 72.1 Å². The number of nitrogens with two attached hydrogens (primary N) is 1. The van der Waals surface area contributed by atoms with Gasteiger partial charge in [-0.3, -0.25) is 9.91 Å². The first-order valence-electron chi connectivity index (χ1n) is 10.9. The first kappa shape index (κ1) is 24.9. The van der Waals surface area contributed by atoms with Gasteiger partial charge in [0.1, 0.15) is 5.82 Å². The molecule has 0 saturated carbocycles. The van der Waals surface area contributed by atoms with Gasteiger partial charge >= 0.3 is 0 Å². The van der Waals surface area contributed by atoms with Crippen molar-refractivity contribution in [1.29, 1.82) is 5.41 Å². The van der Waals surface area contributed by atoms with Crippen molar-refractivity contribution in [2.24, 2.45) is 0 Å². The summed E-state index contributed by atoms with van der Waals surface area (Å²) in [6.45, 7) is 12.4. The van der Waals surface area contributed by atoms with Gasteiger partial charge < -0.3 is 20.8 Å². The molecule has 1 aromatic carbocycles. The van der Waals surface area contributed by atoms with Gasteiger partial charge in [-0.05, 0) is 53.8 Å². The van der Waals surface area contributed by atoms with Crippen LogP contribution in [-0.2, 0) is 0 Å². The molecule has 0 spiro atoms. The van der Waals surface area contributed by atoms with Gasteiger partial charge in [0.2, 0.25) is 0 Å². The van der Waals surface area contributed by atoms with E-state index in [4.69, 9.17) is 15.9 Å². The summed E-state index contributed by atoms with van der Waals surface area (Å²) in [5.74, 6) is 0.704. The zero-order valence-electron chi connectivity index (χ0n) is 20.2. The molecule has 1 heterocycles. The van der Waals surface area contributed by atoms with Crippen LogP contribution in [0.1, 0.15) is 40.2 Å². The van der Waals surface area contributed by atoms with Gasteiger partial charge in [0, 0.05) is 56.6 Å². The van der Waals surface area contributed by atoms with Gasteiger partial charge in [-0.25, -0.2) is 9.40 Å². The Kier molecular flexibility index (Phi) is 8.31. The second kappa shape index (κ2) is 10.3. The van der Waals surface area contributed by atoms with Crippen molar-refractivity contribution < 1.29 is 9.13 Å². The summed E-state index contributed by atoms with van der Waals surface area (Å²) in [6.07, 6.45) is 1.94. The molecule has 1 unspecified atom stereocenters. The minimum Gasteiger partial charge on any atom is -0.488 e. The molecule has 0 radical (unpaired) electrons. The SMILES string of the molecule is C/C=C(/N1CC(C)N(C)[C@@H](C)C1)N(C)N(C)CC(=N)c1cc(OC(C)C)c(F)cc1N. The van der Waals surface area contributed by atoms with E-state index in [1.165, 1.54) is 12.1 Å². The van der Waals surface area contributed by atoms with Crippen LogP contribution in [0.4, 0.5) is 10.1 Å². The molecule has 1 saturated heterocycles. The molecule has 0 amide bonds. The third-order valence-electron chi connectivity index (χ3n) is 5.96. The molecule has 1 aliphatic rings. The minimum atomic E-state index is -0.511. The maximum atomic E-state index is 14.2.